The highest BCUT2D eigenvalue weighted by atomic mass is 16.6. The van der Waals surface area contributed by atoms with E-state index in [1.807, 2.05) is 0 Å². The van der Waals surface area contributed by atoms with Crippen molar-refractivity contribution in [1.29, 1.82) is 0 Å². The molecule has 5 N–H and O–H groups in total. The van der Waals surface area contributed by atoms with Crippen molar-refractivity contribution in [2.45, 2.75) is 13.3 Å². The molecule has 1 amide bonds. The van der Waals surface area contributed by atoms with E-state index >= 15 is 0 Å². The predicted octanol–water partition coefficient (Wildman–Crippen LogP) is -1.49. The lowest BCUT2D eigenvalue weighted by Crippen LogP contribution is -2.48. The van der Waals surface area contributed by atoms with E-state index in [0.717, 1.165) is 0 Å². The Kier molecular flexibility index (Phi) is 4.08. The quantitative estimate of drug-likeness (QED) is 0.563. The second-order valence-electron chi connectivity index (χ2n) is 4.38. The molecular weight excluding hydrogens is 264 g/mol. The highest BCUT2D eigenvalue weighted by molar-refractivity contribution is 5.71. The second kappa shape index (κ2) is 5.78. The molecule has 0 spiro atoms. The van der Waals surface area contributed by atoms with Gasteiger partial charge in [0.15, 0.2) is 0 Å². The van der Waals surface area contributed by atoms with Crippen LogP contribution < -0.4 is 27.2 Å². The van der Waals surface area contributed by atoms with Crippen LogP contribution in [0.5, 0.6) is 5.75 Å². The summed E-state index contributed by atoms with van der Waals surface area (Å²) in [7, 11) is 0. The van der Waals surface area contributed by atoms with Crippen molar-refractivity contribution in [3.05, 3.63) is 16.0 Å². The summed E-state index contributed by atoms with van der Waals surface area (Å²) in [4.78, 5) is 29.5. The Bertz CT molecular complexity index is 564. The van der Waals surface area contributed by atoms with Crippen LogP contribution in [0.4, 0.5) is 10.7 Å². The minimum atomic E-state index is -0.669. The normalized spacial score (nSPS) is 15.2. The largest absolute Gasteiger partial charge is 0.415 e. The van der Waals surface area contributed by atoms with Gasteiger partial charge in [0.2, 0.25) is 11.7 Å². The van der Waals surface area contributed by atoms with Gasteiger partial charge in [-0.05, 0) is 6.42 Å². The highest BCUT2D eigenvalue weighted by Gasteiger charge is 2.22. The minimum absolute atomic E-state index is 0.117. The summed E-state index contributed by atoms with van der Waals surface area (Å²) in [6.45, 7) is 4.22. The van der Waals surface area contributed by atoms with Gasteiger partial charge in [0.1, 0.15) is 0 Å². The summed E-state index contributed by atoms with van der Waals surface area (Å²) in [5.41, 5.74) is 5.16. The van der Waals surface area contributed by atoms with Gasteiger partial charge in [0.25, 0.3) is 0 Å². The van der Waals surface area contributed by atoms with E-state index in [2.05, 4.69) is 10.3 Å². The van der Waals surface area contributed by atoms with Gasteiger partial charge in [-0.15, -0.1) is 0 Å². The van der Waals surface area contributed by atoms with Crippen molar-refractivity contribution in [2.24, 2.45) is 0 Å². The highest BCUT2D eigenvalue weighted by Crippen LogP contribution is 2.14. The van der Waals surface area contributed by atoms with Crippen LogP contribution in [-0.2, 0) is 6.42 Å². The number of hydrogen-bond donors (Lipinski definition) is 3. The molecule has 0 saturated carbocycles. The van der Waals surface area contributed by atoms with Crippen LogP contribution in [-0.4, -0.2) is 46.8 Å². The van der Waals surface area contributed by atoms with E-state index < -0.39 is 11.7 Å². The summed E-state index contributed by atoms with van der Waals surface area (Å²) >= 11 is 0. The molecule has 1 fully saturated rings. The molecule has 1 aliphatic rings. The molecule has 0 bridgehead atoms. The molecule has 20 heavy (non-hydrogen) atoms. The van der Waals surface area contributed by atoms with Gasteiger partial charge in [-0.3, -0.25) is 4.79 Å². The molecule has 110 valence electrons. The number of nitrogens with zero attached hydrogens (tertiary/aromatic N) is 3. The summed E-state index contributed by atoms with van der Waals surface area (Å²) < 4.78 is 5.84. The monoisotopic (exact) mass is 282 g/mol. The molecule has 0 aromatic carbocycles. The molecule has 0 radical (unpaired) electrons. The second-order valence-corrected chi connectivity index (χ2v) is 4.38. The third-order valence-electron chi connectivity index (χ3n) is 3.07. The smallest absolute Gasteiger partial charge is 0.402 e. The van der Waals surface area contributed by atoms with Crippen LogP contribution in [0.15, 0.2) is 4.79 Å². The fourth-order valence-electron chi connectivity index (χ4n) is 1.92. The molecular formula is C11H18N6O3. The lowest BCUT2D eigenvalue weighted by molar-refractivity contribution is 0.144. The first-order valence-electron chi connectivity index (χ1n) is 6.38. The Labute approximate surface area is 115 Å². The maximum atomic E-state index is 12.0. The van der Waals surface area contributed by atoms with Gasteiger partial charge in [0.05, 0.1) is 5.69 Å². The molecule has 2 heterocycles. The number of nitrogen functional groups attached to an aromatic ring is 2. The molecule has 0 atom stereocenters. The topological polar surface area (TPSA) is 128 Å². The molecule has 2 rings (SSSR count). The molecule has 0 unspecified atom stereocenters. The van der Waals surface area contributed by atoms with Crippen LogP contribution >= 0.6 is 0 Å². The van der Waals surface area contributed by atoms with Gasteiger partial charge in [-0.2, -0.15) is 4.68 Å². The standard InChI is InChI=1S/C11H18N6O3/c1-2-7-8(9(18)17(13)10(12)15-7)20-11(19)16-5-3-14-4-6-16/h14H,2-6,13H2,1H3,(H2,12,15). The van der Waals surface area contributed by atoms with Crippen molar-refractivity contribution in [3.8, 4) is 5.75 Å². The Hall–Kier alpha value is -2.29. The molecule has 1 aromatic heterocycles. The molecule has 9 nitrogen and oxygen atoms in total. The molecule has 0 aliphatic carbocycles. The number of rotatable bonds is 2. The average Bonchev–Trinajstić information content (AvgIpc) is 2.48. The number of carbonyl (C=O) groups excluding carboxylic acids is 1. The Morgan fingerprint density at radius 1 is 1.45 bits per heavy atom. The first kappa shape index (κ1) is 14.1. The summed E-state index contributed by atoms with van der Waals surface area (Å²) in [5, 5.41) is 3.12. The van der Waals surface area contributed by atoms with Gasteiger partial charge in [-0.25, -0.2) is 9.78 Å². The van der Waals surface area contributed by atoms with Crippen molar-refractivity contribution >= 4 is 12.0 Å². The Morgan fingerprint density at radius 3 is 2.70 bits per heavy atom. The summed E-state index contributed by atoms with van der Waals surface area (Å²) in [5.74, 6) is 5.19. The molecule has 1 saturated heterocycles. The van der Waals surface area contributed by atoms with Crippen molar-refractivity contribution in [1.82, 2.24) is 19.9 Å². The number of piperazine rings is 1. The number of ether oxygens (including phenoxy) is 1. The van der Waals surface area contributed by atoms with Crippen molar-refractivity contribution < 1.29 is 9.53 Å². The van der Waals surface area contributed by atoms with E-state index in [4.69, 9.17) is 16.3 Å². The predicted molar refractivity (Wildman–Crippen MR) is 72.9 cm³/mol. The van der Waals surface area contributed by atoms with Gasteiger partial charge < -0.3 is 26.5 Å². The van der Waals surface area contributed by atoms with Crippen LogP contribution in [0.1, 0.15) is 12.6 Å². The van der Waals surface area contributed by atoms with E-state index in [0.29, 0.717) is 43.0 Å². The van der Waals surface area contributed by atoms with Crippen LogP contribution in [0, 0.1) is 0 Å². The maximum Gasteiger partial charge on any atom is 0.415 e. The Balaban J connectivity index is 2.26. The van der Waals surface area contributed by atoms with Gasteiger partial charge in [0, 0.05) is 26.2 Å². The molecule has 1 aliphatic heterocycles. The van der Waals surface area contributed by atoms with Gasteiger partial charge in [-0.1, -0.05) is 6.92 Å². The van der Waals surface area contributed by atoms with Crippen LogP contribution in [0.3, 0.4) is 0 Å². The number of carbonyl (C=O) groups is 1. The zero-order chi connectivity index (χ0) is 14.7. The van der Waals surface area contributed by atoms with E-state index in [-0.39, 0.29) is 11.7 Å². The Morgan fingerprint density at radius 2 is 2.10 bits per heavy atom. The summed E-state index contributed by atoms with van der Waals surface area (Å²) in [6.07, 6.45) is -0.172. The SMILES string of the molecule is CCc1nc(N)n(N)c(=O)c1OC(=O)N1CCNCC1. The lowest BCUT2D eigenvalue weighted by Gasteiger charge is -2.26. The maximum absolute atomic E-state index is 12.0. The molecule has 9 heteroatoms. The number of anilines is 1. The van der Waals surface area contributed by atoms with E-state index in [1.54, 1.807) is 6.92 Å². The summed E-state index contributed by atoms with van der Waals surface area (Å²) in [6, 6.07) is 0. The number of nitrogens with two attached hydrogens (primary N) is 2. The van der Waals surface area contributed by atoms with Gasteiger partial charge >= 0.3 is 11.7 Å². The van der Waals surface area contributed by atoms with E-state index in [9.17, 15) is 9.59 Å². The van der Waals surface area contributed by atoms with Crippen molar-refractivity contribution in [2.75, 3.05) is 37.8 Å². The molecule has 1 aromatic rings. The number of aryl methyl sites for hydroxylation is 1. The van der Waals surface area contributed by atoms with Crippen LogP contribution in [0.2, 0.25) is 0 Å². The number of nitrogens with one attached hydrogen (secondary N) is 1. The third kappa shape index (κ3) is 2.67. The number of aromatic nitrogens is 2. The van der Waals surface area contributed by atoms with Crippen LogP contribution in [0.25, 0.3) is 0 Å². The fraction of sp³-hybridized carbons (Fsp3) is 0.545. The van der Waals surface area contributed by atoms with Crippen molar-refractivity contribution in [3.63, 3.8) is 0 Å². The fourth-order valence-corrected chi connectivity index (χ4v) is 1.92. The number of hydrogen-bond acceptors (Lipinski definition) is 7. The number of amides is 1. The average molecular weight is 282 g/mol. The first-order chi connectivity index (χ1) is 9.54. The zero-order valence-corrected chi connectivity index (χ0v) is 11.3. The first-order valence-corrected chi connectivity index (χ1v) is 6.38. The third-order valence-corrected chi connectivity index (χ3v) is 3.07. The lowest BCUT2D eigenvalue weighted by atomic mass is 10.3. The minimum Gasteiger partial charge on any atom is -0.402 e. The van der Waals surface area contributed by atoms with E-state index in [1.165, 1.54) is 4.90 Å². The zero-order valence-electron chi connectivity index (χ0n) is 11.3.